The molecule has 4 rings (SSSR count). The predicted octanol–water partition coefficient (Wildman–Crippen LogP) is 3.77. The van der Waals surface area contributed by atoms with Gasteiger partial charge in [0.15, 0.2) is 0 Å². The Kier molecular flexibility index (Phi) is 5.75. The van der Waals surface area contributed by atoms with Crippen molar-refractivity contribution >= 4 is 46.1 Å². The van der Waals surface area contributed by atoms with Crippen LogP contribution in [0.25, 0.3) is 9.88 Å². The zero-order valence-electron chi connectivity index (χ0n) is 15.0. The first-order valence-corrected chi connectivity index (χ1v) is 11.0. The van der Waals surface area contributed by atoms with Crippen LogP contribution < -0.4 is 5.32 Å². The summed E-state index contributed by atoms with van der Waals surface area (Å²) in [7, 11) is 0. The monoisotopic (exact) mass is 431 g/mol. The molecule has 3 heterocycles. The van der Waals surface area contributed by atoms with Gasteiger partial charge in [0.25, 0.3) is 0 Å². The average molecular weight is 432 g/mol. The van der Waals surface area contributed by atoms with Crippen molar-refractivity contribution in [3.05, 3.63) is 62.9 Å². The lowest BCUT2D eigenvalue weighted by Gasteiger charge is -2.29. The van der Waals surface area contributed by atoms with Crippen molar-refractivity contribution in [2.45, 2.75) is 19.4 Å². The quantitative estimate of drug-likeness (QED) is 0.668. The number of thiophene rings is 1. The summed E-state index contributed by atoms with van der Waals surface area (Å²) < 4.78 is 0.711. The topological polar surface area (TPSA) is 62.3 Å². The number of hydrogen-bond donors (Lipinski definition) is 1. The molecule has 0 aliphatic carbocycles. The van der Waals surface area contributed by atoms with Crippen molar-refractivity contribution in [2.75, 3.05) is 13.1 Å². The van der Waals surface area contributed by atoms with Gasteiger partial charge in [0, 0.05) is 18.5 Å². The van der Waals surface area contributed by atoms with Gasteiger partial charge in [-0.25, -0.2) is 4.98 Å². The van der Waals surface area contributed by atoms with Crippen LogP contribution in [-0.4, -0.2) is 34.8 Å². The lowest BCUT2D eigenvalue weighted by atomic mass is 10.00. The van der Waals surface area contributed by atoms with E-state index in [1.54, 1.807) is 4.90 Å². The van der Waals surface area contributed by atoms with Crippen molar-refractivity contribution in [2.24, 2.45) is 0 Å². The fraction of sp³-hybridized carbons (Fsp3) is 0.250. The van der Waals surface area contributed by atoms with Gasteiger partial charge < -0.3 is 10.2 Å². The Labute approximate surface area is 176 Å². The van der Waals surface area contributed by atoms with Crippen LogP contribution >= 0.6 is 34.3 Å². The smallest absolute Gasteiger partial charge is 0.242 e. The molecular formula is C20H18ClN3O2S2. The zero-order valence-corrected chi connectivity index (χ0v) is 17.4. The Morgan fingerprint density at radius 3 is 2.79 bits per heavy atom. The fourth-order valence-electron chi connectivity index (χ4n) is 3.15. The van der Waals surface area contributed by atoms with Crippen LogP contribution in [0, 0.1) is 0 Å². The van der Waals surface area contributed by atoms with Gasteiger partial charge in [-0.2, -0.15) is 0 Å². The van der Waals surface area contributed by atoms with Gasteiger partial charge in [-0.05, 0) is 29.7 Å². The minimum atomic E-state index is -0.202. The molecule has 0 saturated carbocycles. The number of nitrogens with one attached hydrogen (secondary N) is 1. The summed E-state index contributed by atoms with van der Waals surface area (Å²) in [6.45, 7) is 1.30. The highest BCUT2D eigenvalue weighted by Crippen LogP contribution is 2.32. The number of hydrogen-bond acceptors (Lipinski definition) is 5. The van der Waals surface area contributed by atoms with Gasteiger partial charge >= 0.3 is 0 Å². The normalized spacial score (nSPS) is 13.2. The molecule has 3 aromatic rings. The molecule has 28 heavy (non-hydrogen) atoms. The van der Waals surface area contributed by atoms with Crippen LogP contribution in [0.4, 0.5) is 0 Å². The van der Waals surface area contributed by atoms with Gasteiger partial charge in [0.1, 0.15) is 5.01 Å². The molecule has 0 spiro atoms. The molecule has 1 N–H and O–H groups in total. The molecule has 144 valence electrons. The largest absolute Gasteiger partial charge is 0.347 e. The molecule has 0 atom stereocenters. The summed E-state index contributed by atoms with van der Waals surface area (Å²) in [6, 6.07) is 11.9. The van der Waals surface area contributed by atoms with Crippen LogP contribution in [0.2, 0.25) is 4.34 Å². The molecular weight excluding hydrogens is 414 g/mol. The van der Waals surface area contributed by atoms with E-state index in [-0.39, 0.29) is 24.8 Å². The number of nitrogens with zero attached hydrogens (tertiary/aromatic N) is 2. The van der Waals surface area contributed by atoms with E-state index in [2.05, 4.69) is 16.4 Å². The maximum Gasteiger partial charge on any atom is 0.242 e. The summed E-state index contributed by atoms with van der Waals surface area (Å²) >= 11 is 8.90. The molecule has 1 aliphatic rings. The molecule has 0 fully saturated rings. The lowest BCUT2D eigenvalue weighted by molar-refractivity contribution is -0.133. The third-order valence-electron chi connectivity index (χ3n) is 4.60. The first kappa shape index (κ1) is 19.1. The Morgan fingerprint density at radius 2 is 2.00 bits per heavy atom. The van der Waals surface area contributed by atoms with Crippen molar-refractivity contribution in [3.8, 4) is 9.88 Å². The number of carbonyl (C=O) groups is 2. The van der Waals surface area contributed by atoms with Gasteiger partial charge in [0.2, 0.25) is 11.8 Å². The Balaban J connectivity index is 1.28. The molecule has 1 aliphatic heterocycles. The van der Waals surface area contributed by atoms with Crippen molar-refractivity contribution in [1.29, 1.82) is 0 Å². The number of amides is 2. The molecule has 0 bridgehead atoms. The number of rotatable bonds is 5. The number of benzene rings is 1. The molecule has 2 aromatic heterocycles. The number of thiazole rings is 1. The molecule has 0 saturated heterocycles. The first-order chi connectivity index (χ1) is 13.6. The van der Waals surface area contributed by atoms with Crippen LogP contribution in [0.1, 0.15) is 16.8 Å². The molecule has 0 radical (unpaired) electrons. The van der Waals surface area contributed by atoms with Crippen molar-refractivity contribution in [3.63, 3.8) is 0 Å². The molecule has 2 amide bonds. The van der Waals surface area contributed by atoms with E-state index in [1.807, 2.05) is 35.7 Å². The van der Waals surface area contributed by atoms with Crippen molar-refractivity contribution in [1.82, 2.24) is 15.2 Å². The van der Waals surface area contributed by atoms with Crippen LogP contribution in [0.3, 0.4) is 0 Å². The van der Waals surface area contributed by atoms with Gasteiger partial charge in [-0.3, -0.25) is 9.59 Å². The SMILES string of the molecule is O=C(Cc1csc(-c2ccc(Cl)s2)n1)NCC(=O)N1CCc2ccccc2C1. The predicted molar refractivity (Wildman–Crippen MR) is 113 cm³/mol. The van der Waals surface area contributed by atoms with E-state index in [0.717, 1.165) is 16.3 Å². The minimum Gasteiger partial charge on any atom is -0.347 e. The van der Waals surface area contributed by atoms with Gasteiger partial charge in [-0.15, -0.1) is 22.7 Å². The highest BCUT2D eigenvalue weighted by molar-refractivity contribution is 7.23. The summed E-state index contributed by atoms with van der Waals surface area (Å²) in [5, 5.41) is 5.44. The molecule has 8 heteroatoms. The van der Waals surface area contributed by atoms with Crippen LogP contribution in [0.15, 0.2) is 41.8 Å². The Hall–Kier alpha value is -2.22. The molecule has 5 nitrogen and oxygen atoms in total. The minimum absolute atomic E-state index is 0.0124. The maximum atomic E-state index is 12.4. The van der Waals surface area contributed by atoms with E-state index >= 15 is 0 Å². The summed E-state index contributed by atoms with van der Waals surface area (Å²) in [4.78, 5) is 31.9. The summed E-state index contributed by atoms with van der Waals surface area (Å²) in [5.74, 6) is -0.262. The Morgan fingerprint density at radius 1 is 1.18 bits per heavy atom. The van der Waals surface area contributed by atoms with E-state index in [1.165, 1.54) is 33.8 Å². The fourth-order valence-corrected chi connectivity index (χ4v) is 5.09. The highest BCUT2D eigenvalue weighted by atomic mass is 35.5. The van der Waals surface area contributed by atoms with Crippen LogP contribution in [-0.2, 0) is 29.0 Å². The average Bonchev–Trinajstić information content (AvgIpc) is 3.34. The standard InChI is InChI=1S/C20H18ClN3O2S2/c21-17-6-5-16(28-17)20-23-15(12-27-20)9-18(25)22-10-19(26)24-8-7-13-3-1-2-4-14(13)11-24/h1-6,12H,7-11H2,(H,22,25). The third kappa shape index (κ3) is 4.43. The number of carbonyl (C=O) groups excluding carboxylic acids is 2. The molecule has 0 unspecified atom stereocenters. The number of halogens is 1. The van der Waals surface area contributed by atoms with Gasteiger partial charge in [-0.1, -0.05) is 35.9 Å². The second kappa shape index (κ2) is 8.43. The lowest BCUT2D eigenvalue weighted by Crippen LogP contribution is -2.42. The number of fused-ring (bicyclic) bond motifs is 1. The highest BCUT2D eigenvalue weighted by Gasteiger charge is 2.20. The Bertz CT molecular complexity index is 1010. The second-order valence-corrected chi connectivity index (χ2v) is 9.11. The van der Waals surface area contributed by atoms with Gasteiger partial charge in [0.05, 0.1) is 27.9 Å². The summed E-state index contributed by atoms with van der Waals surface area (Å²) in [5.41, 5.74) is 3.17. The zero-order chi connectivity index (χ0) is 19.5. The van der Waals surface area contributed by atoms with Crippen molar-refractivity contribution < 1.29 is 9.59 Å². The second-order valence-electron chi connectivity index (χ2n) is 6.54. The van der Waals surface area contributed by atoms with Crippen LogP contribution in [0.5, 0.6) is 0 Å². The maximum absolute atomic E-state index is 12.4. The molecule has 1 aromatic carbocycles. The van der Waals surface area contributed by atoms with E-state index in [9.17, 15) is 9.59 Å². The van der Waals surface area contributed by atoms with E-state index in [0.29, 0.717) is 23.1 Å². The first-order valence-electron chi connectivity index (χ1n) is 8.90. The summed E-state index contributed by atoms with van der Waals surface area (Å²) in [6.07, 6.45) is 1.01. The van der Waals surface area contributed by atoms with E-state index < -0.39 is 0 Å². The third-order valence-corrected chi connectivity index (χ3v) is 6.89. The number of aromatic nitrogens is 1. The van der Waals surface area contributed by atoms with E-state index in [4.69, 9.17) is 11.6 Å².